The van der Waals surface area contributed by atoms with Crippen LogP contribution in [0.5, 0.6) is 11.5 Å². The Morgan fingerprint density at radius 1 is 0.935 bits per heavy atom. The van der Waals surface area contributed by atoms with E-state index in [-0.39, 0.29) is 18.4 Å². The van der Waals surface area contributed by atoms with Crippen LogP contribution in [0.2, 0.25) is 0 Å². The fraction of sp³-hybridized carbons (Fsp3) is 0.200. The molecule has 1 aromatic heterocycles. The minimum Gasteiger partial charge on any atom is -0.486 e. The van der Waals surface area contributed by atoms with Crippen molar-refractivity contribution in [3.05, 3.63) is 89.7 Å². The molecular weight excluding hydrogens is 390 g/mol. The third-order valence-electron chi connectivity index (χ3n) is 5.33. The third kappa shape index (κ3) is 4.38. The standard InChI is InChI=1S/C25H23N3O3/c29-24(16-18-10-11-22-23(15-18)31-13-12-30-22)26-21(14-17-6-2-1-3-7-17)25-27-19-8-4-5-9-20(19)28-25/h1-11,15,21H,12-14,16H2,(H,26,29)(H,27,28)/t21-/m0/s1. The van der Waals surface area contributed by atoms with Gasteiger partial charge in [-0.15, -0.1) is 0 Å². The number of aromatic nitrogens is 2. The van der Waals surface area contributed by atoms with Crippen LogP contribution in [-0.2, 0) is 17.6 Å². The summed E-state index contributed by atoms with van der Waals surface area (Å²) >= 11 is 0. The maximum atomic E-state index is 12.9. The summed E-state index contributed by atoms with van der Waals surface area (Å²) in [5, 5.41) is 3.17. The van der Waals surface area contributed by atoms with E-state index in [0.717, 1.165) is 33.7 Å². The lowest BCUT2D eigenvalue weighted by Gasteiger charge is -2.19. The van der Waals surface area contributed by atoms with Gasteiger partial charge in [-0.3, -0.25) is 4.79 Å². The average Bonchev–Trinajstić information content (AvgIpc) is 3.24. The van der Waals surface area contributed by atoms with Crippen LogP contribution in [0.3, 0.4) is 0 Å². The van der Waals surface area contributed by atoms with E-state index < -0.39 is 0 Å². The molecule has 0 saturated heterocycles. The molecule has 0 bridgehead atoms. The number of benzene rings is 3. The number of carbonyl (C=O) groups excluding carboxylic acids is 1. The number of hydrogen-bond acceptors (Lipinski definition) is 4. The number of nitrogens with zero attached hydrogens (tertiary/aromatic N) is 1. The Hall–Kier alpha value is -3.80. The molecule has 2 heterocycles. The van der Waals surface area contributed by atoms with Crippen LogP contribution in [0.1, 0.15) is 23.0 Å². The first-order chi connectivity index (χ1) is 15.2. The van der Waals surface area contributed by atoms with Gasteiger partial charge in [-0.25, -0.2) is 4.98 Å². The fourth-order valence-corrected chi connectivity index (χ4v) is 3.83. The summed E-state index contributed by atoms with van der Waals surface area (Å²) in [5.41, 5.74) is 3.85. The van der Waals surface area contributed by atoms with Crippen molar-refractivity contribution in [2.45, 2.75) is 18.9 Å². The Morgan fingerprint density at radius 2 is 1.71 bits per heavy atom. The van der Waals surface area contributed by atoms with Gasteiger partial charge in [0.25, 0.3) is 0 Å². The summed E-state index contributed by atoms with van der Waals surface area (Å²) in [6, 6.07) is 23.4. The molecule has 0 radical (unpaired) electrons. The van der Waals surface area contributed by atoms with Gasteiger partial charge in [0.2, 0.25) is 5.91 Å². The summed E-state index contributed by atoms with van der Waals surface area (Å²) in [4.78, 5) is 21.0. The Labute approximate surface area is 180 Å². The summed E-state index contributed by atoms with van der Waals surface area (Å²) < 4.78 is 11.2. The van der Waals surface area contributed by atoms with Gasteiger partial charge in [0.15, 0.2) is 11.5 Å². The Morgan fingerprint density at radius 3 is 2.55 bits per heavy atom. The largest absolute Gasteiger partial charge is 0.486 e. The predicted octanol–water partition coefficient (Wildman–Crippen LogP) is 3.98. The van der Waals surface area contributed by atoms with Gasteiger partial charge in [0, 0.05) is 0 Å². The van der Waals surface area contributed by atoms with Gasteiger partial charge < -0.3 is 19.8 Å². The minimum atomic E-state index is -0.264. The van der Waals surface area contributed by atoms with Crippen molar-refractivity contribution in [2.75, 3.05) is 13.2 Å². The first-order valence-electron chi connectivity index (χ1n) is 10.4. The summed E-state index contributed by atoms with van der Waals surface area (Å²) in [5.74, 6) is 2.09. The van der Waals surface area contributed by atoms with Gasteiger partial charge in [-0.2, -0.15) is 0 Å². The molecule has 6 heteroatoms. The Kier molecular flexibility index (Phi) is 5.27. The maximum absolute atomic E-state index is 12.9. The smallest absolute Gasteiger partial charge is 0.225 e. The van der Waals surface area contributed by atoms with E-state index >= 15 is 0 Å². The highest BCUT2D eigenvalue weighted by molar-refractivity contribution is 5.80. The molecule has 0 fully saturated rings. The number of amides is 1. The molecule has 3 aromatic carbocycles. The normalized spacial score (nSPS) is 13.7. The lowest BCUT2D eigenvalue weighted by Crippen LogP contribution is -2.32. The van der Waals surface area contributed by atoms with Crippen molar-refractivity contribution in [1.29, 1.82) is 0 Å². The lowest BCUT2D eigenvalue weighted by atomic mass is 10.0. The van der Waals surface area contributed by atoms with Crippen LogP contribution >= 0.6 is 0 Å². The van der Waals surface area contributed by atoms with E-state index in [2.05, 4.69) is 22.4 Å². The SMILES string of the molecule is O=C(Cc1ccc2c(c1)OCCO2)N[C@@H](Cc1ccccc1)c1nc2ccccc2[nH]1. The summed E-state index contributed by atoms with van der Waals surface area (Å²) in [6.45, 7) is 1.07. The zero-order chi connectivity index (χ0) is 21.0. The average molecular weight is 413 g/mol. The van der Waals surface area contributed by atoms with Crippen molar-refractivity contribution in [2.24, 2.45) is 0 Å². The second-order valence-electron chi connectivity index (χ2n) is 7.60. The number of H-pyrrole nitrogens is 1. The molecular formula is C25H23N3O3. The van der Waals surface area contributed by atoms with Crippen LogP contribution in [-0.4, -0.2) is 29.1 Å². The molecule has 0 spiro atoms. The van der Waals surface area contributed by atoms with Gasteiger partial charge in [-0.1, -0.05) is 48.5 Å². The quantitative estimate of drug-likeness (QED) is 0.501. The highest BCUT2D eigenvalue weighted by Crippen LogP contribution is 2.31. The molecule has 2 N–H and O–H groups in total. The number of aromatic amines is 1. The van der Waals surface area contributed by atoms with E-state index in [1.54, 1.807) is 0 Å². The zero-order valence-corrected chi connectivity index (χ0v) is 17.0. The number of fused-ring (bicyclic) bond motifs is 2. The lowest BCUT2D eigenvalue weighted by molar-refractivity contribution is -0.121. The summed E-state index contributed by atoms with van der Waals surface area (Å²) in [6.07, 6.45) is 0.899. The molecule has 4 aromatic rings. The number of nitrogens with one attached hydrogen (secondary N) is 2. The molecule has 6 nitrogen and oxygen atoms in total. The maximum Gasteiger partial charge on any atom is 0.225 e. The predicted molar refractivity (Wildman–Crippen MR) is 118 cm³/mol. The molecule has 0 unspecified atom stereocenters. The number of carbonyl (C=O) groups is 1. The molecule has 1 aliphatic heterocycles. The molecule has 31 heavy (non-hydrogen) atoms. The first-order valence-corrected chi connectivity index (χ1v) is 10.4. The molecule has 1 amide bonds. The highest BCUT2D eigenvalue weighted by atomic mass is 16.6. The van der Waals surface area contributed by atoms with E-state index in [4.69, 9.17) is 14.5 Å². The fourth-order valence-electron chi connectivity index (χ4n) is 3.83. The van der Waals surface area contributed by atoms with E-state index in [1.807, 2.05) is 60.7 Å². The number of imidazole rings is 1. The number of ether oxygens (including phenoxy) is 2. The van der Waals surface area contributed by atoms with Gasteiger partial charge in [0.05, 0.1) is 23.5 Å². The van der Waals surface area contributed by atoms with E-state index in [9.17, 15) is 4.79 Å². The highest BCUT2D eigenvalue weighted by Gasteiger charge is 2.20. The van der Waals surface area contributed by atoms with Crippen LogP contribution in [0.15, 0.2) is 72.8 Å². The first kappa shape index (κ1) is 19.2. The second-order valence-corrected chi connectivity index (χ2v) is 7.60. The van der Waals surface area contributed by atoms with Gasteiger partial charge >= 0.3 is 0 Å². The Bertz CT molecular complexity index is 1170. The van der Waals surface area contributed by atoms with E-state index in [1.165, 1.54) is 0 Å². The molecule has 1 atom stereocenters. The molecule has 0 aliphatic carbocycles. The van der Waals surface area contributed by atoms with Gasteiger partial charge in [0.1, 0.15) is 19.0 Å². The van der Waals surface area contributed by atoms with Crippen molar-refractivity contribution >= 4 is 16.9 Å². The van der Waals surface area contributed by atoms with Crippen molar-refractivity contribution in [3.8, 4) is 11.5 Å². The molecule has 5 rings (SSSR count). The minimum absolute atomic E-state index is 0.0712. The molecule has 156 valence electrons. The topological polar surface area (TPSA) is 76.2 Å². The van der Waals surface area contributed by atoms with Gasteiger partial charge in [-0.05, 0) is 41.8 Å². The number of para-hydroxylation sites is 2. The molecule has 1 aliphatic rings. The van der Waals surface area contributed by atoms with Crippen LogP contribution in [0.4, 0.5) is 0 Å². The summed E-state index contributed by atoms with van der Waals surface area (Å²) in [7, 11) is 0. The third-order valence-corrected chi connectivity index (χ3v) is 5.33. The van der Waals surface area contributed by atoms with Crippen LogP contribution < -0.4 is 14.8 Å². The monoisotopic (exact) mass is 413 g/mol. The zero-order valence-electron chi connectivity index (χ0n) is 17.0. The van der Waals surface area contributed by atoms with Crippen molar-refractivity contribution in [1.82, 2.24) is 15.3 Å². The van der Waals surface area contributed by atoms with Crippen molar-refractivity contribution in [3.63, 3.8) is 0 Å². The van der Waals surface area contributed by atoms with E-state index in [0.29, 0.717) is 25.4 Å². The number of hydrogen-bond donors (Lipinski definition) is 2. The second kappa shape index (κ2) is 8.52. The van der Waals surface area contributed by atoms with Crippen molar-refractivity contribution < 1.29 is 14.3 Å². The van der Waals surface area contributed by atoms with Crippen LogP contribution in [0.25, 0.3) is 11.0 Å². The van der Waals surface area contributed by atoms with Crippen LogP contribution in [0, 0.1) is 0 Å². The number of rotatable bonds is 6. The molecule has 0 saturated carbocycles. The Balaban J connectivity index is 1.36.